The third-order valence-corrected chi connectivity index (χ3v) is 7.28. The van der Waals surface area contributed by atoms with E-state index < -0.39 is 11.9 Å². The number of carbonyl (C=O) groups is 2. The molecule has 0 fully saturated rings. The Morgan fingerprint density at radius 2 is 1.29 bits per heavy atom. The second-order valence-corrected chi connectivity index (χ2v) is 9.30. The molecule has 98 valence electrons. The molecule has 4 nitrogen and oxygen atoms in total. The predicted octanol–water partition coefficient (Wildman–Crippen LogP) is 2.84. The summed E-state index contributed by atoms with van der Waals surface area (Å²) in [4.78, 5) is 19.1. The Labute approximate surface area is 115 Å². The Morgan fingerprint density at radius 1 is 0.941 bits per heavy atom. The molecule has 0 amide bonds. The van der Waals surface area contributed by atoms with E-state index in [9.17, 15) is 9.59 Å². The number of hydrogen-bond donors (Lipinski definition) is 2. The van der Waals surface area contributed by atoms with Crippen LogP contribution in [-0.4, -0.2) is 46.4 Å². The molecule has 2 radical (unpaired) electrons. The van der Waals surface area contributed by atoms with Gasteiger partial charge in [0.1, 0.15) is 0 Å². The summed E-state index contributed by atoms with van der Waals surface area (Å²) in [7, 11) is 0. The molecule has 0 bridgehead atoms. The Balaban J connectivity index is 0. The van der Waals surface area contributed by atoms with E-state index in [0.717, 1.165) is 0 Å². The van der Waals surface area contributed by atoms with Crippen LogP contribution >= 0.6 is 0 Å². The predicted molar refractivity (Wildman–Crippen MR) is 69.6 cm³/mol. The molecule has 2 N–H and O–H groups in total. The zero-order valence-corrected chi connectivity index (χ0v) is 14.5. The number of hydrogen-bond acceptors (Lipinski definition) is 2. The number of aliphatic carboxylic acids is 2. The molecular weight excluding hydrogens is 415 g/mol. The maximum Gasteiger partial charge on any atom is 0.328 e. The Hall–Kier alpha value is -0.398. The van der Waals surface area contributed by atoms with E-state index in [1.54, 1.807) is 7.96 Å². The van der Waals surface area contributed by atoms with Crippen LogP contribution in [-0.2, 0) is 9.59 Å². The summed E-state index contributed by atoms with van der Waals surface area (Å²) in [6.07, 6.45) is 6.99. The molecule has 0 unspecified atom stereocenters. The van der Waals surface area contributed by atoms with Crippen LogP contribution in [0.25, 0.3) is 0 Å². The third kappa shape index (κ3) is 25.7. The minimum absolute atomic E-state index is 0.0390. The van der Waals surface area contributed by atoms with E-state index >= 15 is 0 Å². The molecular formula is C12H22O4Pb. The average Bonchev–Trinajstić information content (AvgIpc) is 2.27. The SMILES string of the molecule is CCC[CH2][Pb][CH2]CCC.O=C(O)C=CC(=O)O. The maximum atomic E-state index is 9.55. The van der Waals surface area contributed by atoms with E-state index in [1.807, 2.05) is 0 Å². The van der Waals surface area contributed by atoms with Crippen LogP contribution in [0.1, 0.15) is 39.5 Å². The standard InChI is InChI=1S/C4H4O4.2C4H9.Pb/c5-3(6)1-2-4(7)8;2*1-3-4-2;/h1-2H,(H,5,6)(H,7,8);2*1,3-4H2,2H3;. The molecule has 17 heavy (non-hydrogen) atoms. The van der Waals surface area contributed by atoms with Crippen molar-refractivity contribution in [1.82, 2.24) is 0 Å². The van der Waals surface area contributed by atoms with Crippen LogP contribution in [0.15, 0.2) is 12.2 Å². The van der Waals surface area contributed by atoms with Gasteiger partial charge >= 0.3 is 83.7 Å². The largest absolute Gasteiger partial charge is 0.478 e. The van der Waals surface area contributed by atoms with Crippen molar-refractivity contribution in [1.29, 1.82) is 0 Å². The van der Waals surface area contributed by atoms with Crippen molar-refractivity contribution in [2.75, 3.05) is 0 Å². The Kier molecular flexibility index (Phi) is 17.4. The van der Waals surface area contributed by atoms with Gasteiger partial charge in [0.2, 0.25) is 0 Å². The fourth-order valence-electron chi connectivity index (χ4n) is 0.871. The van der Waals surface area contributed by atoms with Crippen molar-refractivity contribution in [3.8, 4) is 0 Å². The molecule has 0 heterocycles. The molecule has 0 aromatic heterocycles. The summed E-state index contributed by atoms with van der Waals surface area (Å²) in [5.74, 6) is -2.51. The average molecular weight is 438 g/mol. The molecule has 0 saturated carbocycles. The molecule has 0 aromatic carbocycles. The summed E-state index contributed by atoms with van der Waals surface area (Å²) in [6, 6.07) is 0. The van der Waals surface area contributed by atoms with E-state index in [0.29, 0.717) is 12.2 Å². The number of carboxylic acid groups (broad SMARTS) is 2. The Bertz CT molecular complexity index is 205. The van der Waals surface area contributed by atoms with Gasteiger partial charge in [0.05, 0.1) is 0 Å². The van der Waals surface area contributed by atoms with Gasteiger partial charge in [-0.2, -0.15) is 0 Å². The van der Waals surface area contributed by atoms with Crippen molar-refractivity contribution >= 4 is 36.2 Å². The number of carboxylic acids is 2. The van der Waals surface area contributed by atoms with Gasteiger partial charge in [-0.25, -0.2) is 9.59 Å². The summed E-state index contributed by atoms with van der Waals surface area (Å²) < 4.78 is 3.30. The third-order valence-electron chi connectivity index (χ3n) is 1.78. The van der Waals surface area contributed by atoms with E-state index in [1.165, 1.54) is 25.7 Å². The minimum Gasteiger partial charge on any atom is -0.478 e. The van der Waals surface area contributed by atoms with Gasteiger partial charge in [-0.1, -0.05) is 0 Å². The Morgan fingerprint density at radius 3 is 1.53 bits per heavy atom. The normalized spacial score (nSPS) is 9.76. The first kappa shape index (κ1) is 19.0. The first-order chi connectivity index (χ1) is 8.04. The minimum atomic E-state index is -1.26. The van der Waals surface area contributed by atoms with Gasteiger partial charge in [-0.05, 0) is 0 Å². The zero-order valence-electron chi connectivity index (χ0n) is 10.6. The van der Waals surface area contributed by atoms with Crippen LogP contribution in [0.2, 0.25) is 7.96 Å². The molecule has 0 spiro atoms. The zero-order chi connectivity index (χ0) is 13.5. The van der Waals surface area contributed by atoms with Crippen LogP contribution in [0.3, 0.4) is 0 Å². The number of rotatable bonds is 8. The van der Waals surface area contributed by atoms with Gasteiger partial charge in [-0.15, -0.1) is 0 Å². The smallest absolute Gasteiger partial charge is 0.328 e. The monoisotopic (exact) mass is 438 g/mol. The number of unbranched alkanes of at least 4 members (excludes halogenated alkanes) is 2. The summed E-state index contributed by atoms with van der Waals surface area (Å²) in [5, 5.41) is 15.6. The van der Waals surface area contributed by atoms with Gasteiger partial charge < -0.3 is 10.2 Å². The maximum absolute atomic E-state index is 9.55. The fourth-order valence-corrected chi connectivity index (χ4v) is 6.54. The van der Waals surface area contributed by atoms with Crippen LogP contribution < -0.4 is 0 Å². The van der Waals surface area contributed by atoms with Gasteiger partial charge in [-0.3, -0.25) is 0 Å². The first-order valence-corrected chi connectivity index (χ1v) is 11.4. The summed E-state index contributed by atoms with van der Waals surface area (Å²) in [6.45, 7) is 4.59. The van der Waals surface area contributed by atoms with Gasteiger partial charge in [0.25, 0.3) is 0 Å². The molecule has 0 aliphatic carbocycles. The fraction of sp³-hybridized carbons (Fsp3) is 0.667. The molecule has 0 aromatic rings. The second kappa shape index (κ2) is 15.6. The van der Waals surface area contributed by atoms with Gasteiger partial charge in [0, 0.05) is 12.2 Å². The van der Waals surface area contributed by atoms with Crippen molar-refractivity contribution in [2.45, 2.75) is 47.5 Å². The molecule has 0 atom stereocenters. The van der Waals surface area contributed by atoms with Crippen LogP contribution in [0.4, 0.5) is 0 Å². The molecule has 0 rings (SSSR count). The first-order valence-electron chi connectivity index (χ1n) is 5.89. The van der Waals surface area contributed by atoms with Crippen molar-refractivity contribution < 1.29 is 19.8 Å². The molecule has 5 heteroatoms. The molecule has 0 aliphatic rings. The summed E-state index contributed by atoms with van der Waals surface area (Å²) >= 11 is -0.0390. The van der Waals surface area contributed by atoms with Crippen LogP contribution in [0, 0.1) is 0 Å². The van der Waals surface area contributed by atoms with Crippen molar-refractivity contribution in [2.24, 2.45) is 0 Å². The molecule has 0 aliphatic heterocycles. The van der Waals surface area contributed by atoms with Crippen molar-refractivity contribution in [3.05, 3.63) is 12.2 Å². The topological polar surface area (TPSA) is 74.6 Å². The van der Waals surface area contributed by atoms with E-state index in [2.05, 4.69) is 13.8 Å². The van der Waals surface area contributed by atoms with E-state index in [4.69, 9.17) is 10.2 Å². The summed E-state index contributed by atoms with van der Waals surface area (Å²) in [5.41, 5.74) is 0. The quantitative estimate of drug-likeness (QED) is 0.348. The second-order valence-electron chi connectivity index (χ2n) is 3.47. The molecule has 0 saturated heterocycles. The van der Waals surface area contributed by atoms with E-state index in [-0.39, 0.29) is 24.2 Å². The van der Waals surface area contributed by atoms with Crippen molar-refractivity contribution in [3.63, 3.8) is 0 Å². The van der Waals surface area contributed by atoms with Crippen LogP contribution in [0.5, 0.6) is 0 Å². The van der Waals surface area contributed by atoms with Gasteiger partial charge in [0.15, 0.2) is 0 Å².